The molecule has 0 spiro atoms. The Morgan fingerprint density at radius 2 is 1.87 bits per heavy atom. The van der Waals surface area contributed by atoms with Crippen LogP contribution in [0.15, 0.2) is 30.3 Å². The minimum absolute atomic E-state index is 0.00773. The van der Waals surface area contributed by atoms with Crippen LogP contribution in [-0.2, 0) is 11.2 Å². The van der Waals surface area contributed by atoms with Crippen LogP contribution in [0, 0.1) is 12.3 Å². The molecule has 31 heavy (non-hydrogen) atoms. The summed E-state index contributed by atoms with van der Waals surface area (Å²) < 4.78 is 0. The average Bonchev–Trinajstić information content (AvgIpc) is 3.15. The Kier molecular flexibility index (Phi) is 5.16. The highest BCUT2D eigenvalue weighted by Gasteiger charge is 2.60. The van der Waals surface area contributed by atoms with Crippen molar-refractivity contribution in [1.82, 2.24) is 14.8 Å². The van der Waals surface area contributed by atoms with Crippen molar-refractivity contribution in [3.8, 4) is 0 Å². The summed E-state index contributed by atoms with van der Waals surface area (Å²) in [6, 6.07) is 10.9. The molecule has 2 bridgehead atoms. The first-order valence-electron chi connectivity index (χ1n) is 11.5. The van der Waals surface area contributed by atoms with Gasteiger partial charge >= 0.3 is 0 Å². The van der Waals surface area contributed by atoms with E-state index >= 15 is 0 Å². The van der Waals surface area contributed by atoms with Crippen molar-refractivity contribution >= 4 is 23.2 Å². The van der Waals surface area contributed by atoms with E-state index in [2.05, 4.69) is 28.9 Å². The predicted molar refractivity (Wildman–Crippen MR) is 122 cm³/mol. The van der Waals surface area contributed by atoms with Gasteiger partial charge in [-0.3, -0.25) is 9.59 Å². The molecular formula is C25H31N3O2S. The average molecular weight is 438 g/mol. The van der Waals surface area contributed by atoms with Crippen molar-refractivity contribution < 1.29 is 9.59 Å². The van der Waals surface area contributed by atoms with Gasteiger partial charge in [0.2, 0.25) is 5.91 Å². The topological polar surface area (TPSA) is 53.5 Å². The van der Waals surface area contributed by atoms with Gasteiger partial charge in [0.1, 0.15) is 4.88 Å². The Labute approximate surface area is 188 Å². The molecular weight excluding hydrogens is 406 g/mol. The minimum Gasteiger partial charge on any atom is -0.337 e. The second kappa shape index (κ2) is 7.73. The number of carbonyl (C=O) groups is 2. The van der Waals surface area contributed by atoms with E-state index in [-0.39, 0.29) is 35.4 Å². The molecule has 3 heterocycles. The van der Waals surface area contributed by atoms with Crippen LogP contribution in [-0.4, -0.2) is 51.3 Å². The summed E-state index contributed by atoms with van der Waals surface area (Å²) >= 11 is 1.54. The van der Waals surface area contributed by atoms with Crippen LogP contribution >= 0.6 is 11.3 Å². The van der Waals surface area contributed by atoms with Gasteiger partial charge in [-0.15, -0.1) is 11.3 Å². The van der Waals surface area contributed by atoms with Crippen molar-refractivity contribution in [3.05, 3.63) is 51.5 Å². The Hall–Kier alpha value is -2.21. The highest BCUT2D eigenvalue weighted by molar-refractivity contribution is 7.13. The number of thiazole rings is 1. The Balaban J connectivity index is 1.46. The maximum Gasteiger partial charge on any atom is 0.266 e. The van der Waals surface area contributed by atoms with E-state index in [0.717, 1.165) is 54.1 Å². The highest BCUT2D eigenvalue weighted by Crippen LogP contribution is 2.53. The van der Waals surface area contributed by atoms with E-state index in [9.17, 15) is 9.59 Å². The quantitative estimate of drug-likeness (QED) is 0.714. The molecule has 0 radical (unpaired) electrons. The summed E-state index contributed by atoms with van der Waals surface area (Å²) in [6.45, 7) is 6.64. The molecule has 1 aliphatic carbocycles. The van der Waals surface area contributed by atoms with Crippen LogP contribution in [0.4, 0.5) is 0 Å². The molecule has 164 valence electrons. The number of amides is 2. The predicted octanol–water partition coefficient (Wildman–Crippen LogP) is 4.44. The second-order valence-corrected chi connectivity index (χ2v) is 10.8. The van der Waals surface area contributed by atoms with Crippen molar-refractivity contribution in [3.63, 3.8) is 0 Å². The number of benzene rings is 1. The third-order valence-electron chi connectivity index (χ3n) is 7.79. The Morgan fingerprint density at radius 3 is 2.58 bits per heavy atom. The molecule has 3 fully saturated rings. The number of fused-ring (bicyclic) bond motifs is 1. The first kappa shape index (κ1) is 20.7. The van der Waals surface area contributed by atoms with E-state index in [1.807, 2.05) is 25.1 Å². The van der Waals surface area contributed by atoms with Crippen LogP contribution in [0.5, 0.6) is 0 Å². The van der Waals surface area contributed by atoms with Crippen molar-refractivity contribution in [1.29, 1.82) is 0 Å². The highest BCUT2D eigenvalue weighted by atomic mass is 32.1. The SMILES string of the molecule is CC(=O)N1C[C@@H]2C[C@@]3(C)[C@H](CCCC[C@@H]13)N2C(=O)c1sc(Cc2ccccc2)nc1C. The number of rotatable bonds is 3. The third kappa shape index (κ3) is 3.39. The zero-order valence-electron chi connectivity index (χ0n) is 18.6. The van der Waals surface area contributed by atoms with Gasteiger partial charge < -0.3 is 9.80 Å². The van der Waals surface area contributed by atoms with Gasteiger partial charge in [0.25, 0.3) is 5.91 Å². The van der Waals surface area contributed by atoms with Crippen LogP contribution in [0.25, 0.3) is 0 Å². The molecule has 2 aromatic rings. The lowest BCUT2D eigenvalue weighted by molar-refractivity contribution is -0.136. The van der Waals surface area contributed by atoms with E-state index in [0.29, 0.717) is 6.54 Å². The Morgan fingerprint density at radius 1 is 1.16 bits per heavy atom. The minimum atomic E-state index is -0.00773. The van der Waals surface area contributed by atoms with E-state index < -0.39 is 0 Å². The van der Waals surface area contributed by atoms with E-state index in [4.69, 9.17) is 4.98 Å². The van der Waals surface area contributed by atoms with Crippen molar-refractivity contribution in [2.24, 2.45) is 5.41 Å². The molecule has 3 aliphatic rings. The maximum atomic E-state index is 13.9. The summed E-state index contributed by atoms with van der Waals surface area (Å²) in [5.74, 6) is 0.272. The van der Waals surface area contributed by atoms with Crippen molar-refractivity contribution in [2.45, 2.75) is 77.4 Å². The van der Waals surface area contributed by atoms with E-state index in [1.165, 1.54) is 5.56 Å². The summed E-state index contributed by atoms with van der Waals surface area (Å²) in [6.07, 6.45) is 6.11. The van der Waals surface area contributed by atoms with Gasteiger partial charge in [-0.1, -0.05) is 50.1 Å². The molecule has 5 rings (SSSR count). The fourth-order valence-electron chi connectivity index (χ4n) is 6.43. The fraction of sp³-hybridized carbons (Fsp3) is 0.560. The summed E-state index contributed by atoms with van der Waals surface area (Å²) in [5.41, 5.74) is 2.04. The lowest BCUT2D eigenvalue weighted by Crippen LogP contribution is -2.55. The molecule has 2 aliphatic heterocycles. The number of likely N-dealkylation sites (tertiary alicyclic amines) is 2. The maximum absolute atomic E-state index is 13.9. The summed E-state index contributed by atoms with van der Waals surface area (Å²) in [5, 5.41) is 0.990. The zero-order valence-corrected chi connectivity index (χ0v) is 19.5. The van der Waals surface area contributed by atoms with Gasteiger partial charge in [-0.05, 0) is 31.7 Å². The smallest absolute Gasteiger partial charge is 0.266 e. The molecule has 1 aromatic carbocycles. The number of aromatic nitrogens is 1. The normalized spacial score (nSPS) is 29.7. The number of hydrogen-bond acceptors (Lipinski definition) is 4. The third-order valence-corrected chi connectivity index (χ3v) is 8.93. The molecule has 0 N–H and O–H groups in total. The summed E-state index contributed by atoms with van der Waals surface area (Å²) in [7, 11) is 0. The first-order chi connectivity index (χ1) is 14.9. The van der Waals surface area contributed by atoms with Gasteiger partial charge in [0.05, 0.1) is 16.7 Å². The Bertz CT molecular complexity index is 1000. The monoisotopic (exact) mass is 437 g/mol. The molecule has 0 unspecified atom stereocenters. The molecule has 6 heteroatoms. The van der Waals surface area contributed by atoms with Gasteiger partial charge in [-0.25, -0.2) is 4.98 Å². The van der Waals surface area contributed by atoms with Gasteiger partial charge in [-0.2, -0.15) is 0 Å². The van der Waals surface area contributed by atoms with Crippen LogP contribution in [0.1, 0.15) is 71.9 Å². The molecule has 1 saturated carbocycles. The lowest BCUT2D eigenvalue weighted by atomic mass is 9.71. The number of carbonyl (C=O) groups excluding carboxylic acids is 2. The lowest BCUT2D eigenvalue weighted by Gasteiger charge is -2.46. The van der Waals surface area contributed by atoms with Crippen LogP contribution < -0.4 is 0 Å². The number of piperidine rings is 1. The summed E-state index contributed by atoms with van der Waals surface area (Å²) in [4.78, 5) is 36.1. The standard InChI is InChI=1S/C25H31N3O2S/c1-16-23(31-22(26-16)13-18-9-5-4-6-10-18)24(30)28-19-14-25(3)20(27(15-19)17(2)29)11-7-8-12-21(25)28/h4-6,9-10,19-21H,7-8,11-15H2,1-3H3/t19-,20+,21-,25+/m0/s1. The zero-order chi connectivity index (χ0) is 21.8. The molecule has 1 aromatic heterocycles. The molecule has 2 amide bonds. The fourth-order valence-corrected chi connectivity index (χ4v) is 7.48. The van der Waals surface area contributed by atoms with Gasteiger partial charge in [0.15, 0.2) is 0 Å². The molecule has 5 nitrogen and oxygen atoms in total. The van der Waals surface area contributed by atoms with Crippen molar-refractivity contribution in [2.75, 3.05) is 6.54 Å². The van der Waals surface area contributed by atoms with Gasteiger partial charge in [0, 0.05) is 37.4 Å². The number of hydrogen-bond donors (Lipinski definition) is 0. The molecule has 2 saturated heterocycles. The first-order valence-corrected chi connectivity index (χ1v) is 12.3. The molecule has 4 atom stereocenters. The number of aryl methyl sites for hydroxylation is 1. The number of nitrogens with zero attached hydrogens (tertiary/aromatic N) is 3. The van der Waals surface area contributed by atoms with Crippen LogP contribution in [0.2, 0.25) is 0 Å². The largest absolute Gasteiger partial charge is 0.337 e. The second-order valence-electron chi connectivity index (χ2n) is 9.75. The van der Waals surface area contributed by atoms with E-state index in [1.54, 1.807) is 18.3 Å². The van der Waals surface area contributed by atoms with Crippen LogP contribution in [0.3, 0.4) is 0 Å².